The molecule has 0 aromatic rings. The second kappa shape index (κ2) is 6.69. The van der Waals surface area contributed by atoms with Crippen molar-refractivity contribution in [2.45, 2.75) is 32.0 Å². The van der Waals surface area contributed by atoms with Crippen LogP contribution >= 0.6 is 0 Å². The zero-order chi connectivity index (χ0) is 13.6. The molecule has 0 aliphatic heterocycles. The van der Waals surface area contributed by atoms with E-state index in [4.69, 9.17) is 10.2 Å². The summed E-state index contributed by atoms with van der Waals surface area (Å²) in [6.07, 6.45) is -1.24. The number of likely N-dealkylation sites (N-methyl/N-ethyl adjacent to an activating group) is 1. The molecule has 0 fully saturated rings. The topological polar surface area (TPSA) is 128 Å². The summed E-state index contributed by atoms with van der Waals surface area (Å²) in [5.74, 6) is -1.77. The standard InChI is InChI=1S/C9H17N3O5/c1-4(7(14)10-3)11-9(17)12-6(5(2)13)8(15)16/h4-6,13H,1-3H3,(H,10,14)(H,15,16)(H2,11,12,17)/t4?,5-,6+/m1/s1. The number of urea groups is 1. The van der Waals surface area contributed by atoms with E-state index < -0.39 is 36.1 Å². The zero-order valence-electron chi connectivity index (χ0n) is 9.85. The lowest BCUT2D eigenvalue weighted by atomic mass is 10.2. The minimum atomic E-state index is -1.42. The molecule has 1 unspecified atom stereocenters. The number of carbonyl (C=O) groups is 3. The molecule has 0 aromatic heterocycles. The van der Waals surface area contributed by atoms with Gasteiger partial charge < -0.3 is 26.2 Å². The molecule has 0 saturated heterocycles. The van der Waals surface area contributed by atoms with Crippen LogP contribution < -0.4 is 16.0 Å². The van der Waals surface area contributed by atoms with Crippen LogP contribution in [-0.4, -0.2) is 53.4 Å². The molecule has 5 N–H and O–H groups in total. The molecule has 3 atom stereocenters. The number of aliphatic hydroxyl groups excluding tert-OH is 1. The van der Waals surface area contributed by atoms with Crippen molar-refractivity contribution in [1.82, 2.24) is 16.0 Å². The van der Waals surface area contributed by atoms with E-state index in [2.05, 4.69) is 10.6 Å². The number of hydrogen-bond donors (Lipinski definition) is 5. The molecule has 98 valence electrons. The number of carboxylic acid groups (broad SMARTS) is 1. The molecule has 0 aliphatic rings. The number of rotatable bonds is 5. The first-order valence-electron chi connectivity index (χ1n) is 4.99. The van der Waals surface area contributed by atoms with Crippen molar-refractivity contribution in [2.75, 3.05) is 7.05 Å². The molecule has 0 spiro atoms. The molecular formula is C9H17N3O5. The Morgan fingerprint density at radius 3 is 2.00 bits per heavy atom. The fourth-order valence-electron chi connectivity index (χ4n) is 1.05. The summed E-state index contributed by atoms with van der Waals surface area (Å²) < 4.78 is 0. The first-order chi connectivity index (χ1) is 7.79. The zero-order valence-corrected chi connectivity index (χ0v) is 9.85. The molecule has 0 aliphatic carbocycles. The summed E-state index contributed by atoms with van der Waals surface area (Å²) in [5.41, 5.74) is 0. The van der Waals surface area contributed by atoms with Crippen LogP contribution in [-0.2, 0) is 9.59 Å². The van der Waals surface area contributed by atoms with Gasteiger partial charge in [0.2, 0.25) is 5.91 Å². The number of hydrogen-bond acceptors (Lipinski definition) is 4. The minimum absolute atomic E-state index is 0.413. The maximum absolute atomic E-state index is 11.3. The predicted octanol–water partition coefficient (Wildman–Crippen LogP) is -1.75. The van der Waals surface area contributed by atoms with Crippen molar-refractivity contribution in [3.8, 4) is 0 Å². The van der Waals surface area contributed by atoms with Gasteiger partial charge in [0.25, 0.3) is 0 Å². The summed E-state index contributed by atoms with van der Waals surface area (Å²) >= 11 is 0. The van der Waals surface area contributed by atoms with E-state index in [1.54, 1.807) is 0 Å². The second-order valence-electron chi connectivity index (χ2n) is 3.51. The molecular weight excluding hydrogens is 230 g/mol. The Morgan fingerprint density at radius 2 is 1.65 bits per heavy atom. The highest BCUT2D eigenvalue weighted by Gasteiger charge is 2.25. The maximum atomic E-state index is 11.3. The van der Waals surface area contributed by atoms with Gasteiger partial charge in [-0.05, 0) is 13.8 Å². The third kappa shape index (κ3) is 5.16. The fraction of sp³-hybridized carbons (Fsp3) is 0.667. The SMILES string of the molecule is CNC(=O)C(C)NC(=O)N[C@H](C(=O)O)[C@@H](C)O. The van der Waals surface area contributed by atoms with Gasteiger partial charge in [-0.1, -0.05) is 0 Å². The lowest BCUT2D eigenvalue weighted by Crippen LogP contribution is -2.54. The Hall–Kier alpha value is -1.83. The van der Waals surface area contributed by atoms with Crippen molar-refractivity contribution >= 4 is 17.9 Å². The highest BCUT2D eigenvalue weighted by Crippen LogP contribution is 1.93. The van der Waals surface area contributed by atoms with E-state index in [1.807, 2.05) is 5.32 Å². The Bertz CT molecular complexity index is 305. The van der Waals surface area contributed by atoms with Crippen molar-refractivity contribution in [3.63, 3.8) is 0 Å². The Morgan fingerprint density at radius 1 is 1.12 bits per heavy atom. The summed E-state index contributed by atoms with van der Waals surface area (Å²) in [7, 11) is 1.41. The number of aliphatic hydroxyl groups is 1. The normalized spacial score (nSPS) is 15.3. The largest absolute Gasteiger partial charge is 0.480 e. The molecule has 8 heteroatoms. The van der Waals surface area contributed by atoms with E-state index in [1.165, 1.54) is 20.9 Å². The number of carboxylic acids is 1. The van der Waals surface area contributed by atoms with Gasteiger partial charge in [-0.3, -0.25) is 4.79 Å². The van der Waals surface area contributed by atoms with Gasteiger partial charge in [0.15, 0.2) is 6.04 Å². The molecule has 0 rings (SSSR count). The van der Waals surface area contributed by atoms with Crippen LogP contribution in [0.1, 0.15) is 13.8 Å². The second-order valence-corrected chi connectivity index (χ2v) is 3.51. The molecule has 0 radical (unpaired) electrons. The fourth-order valence-corrected chi connectivity index (χ4v) is 1.05. The summed E-state index contributed by atoms with van der Waals surface area (Å²) in [4.78, 5) is 33.1. The first-order valence-corrected chi connectivity index (χ1v) is 4.99. The maximum Gasteiger partial charge on any atom is 0.328 e. The highest BCUT2D eigenvalue weighted by atomic mass is 16.4. The van der Waals surface area contributed by atoms with Crippen molar-refractivity contribution in [3.05, 3.63) is 0 Å². The molecule has 17 heavy (non-hydrogen) atoms. The number of nitrogens with one attached hydrogen (secondary N) is 3. The Kier molecular flexibility index (Phi) is 5.97. The van der Waals surface area contributed by atoms with Gasteiger partial charge in [-0.25, -0.2) is 9.59 Å². The van der Waals surface area contributed by atoms with Crippen LogP contribution in [0.25, 0.3) is 0 Å². The third-order valence-electron chi connectivity index (χ3n) is 2.02. The summed E-state index contributed by atoms with van der Waals surface area (Å²) in [6.45, 7) is 2.68. The van der Waals surface area contributed by atoms with Gasteiger partial charge in [-0.2, -0.15) is 0 Å². The van der Waals surface area contributed by atoms with E-state index >= 15 is 0 Å². The van der Waals surface area contributed by atoms with Crippen LogP contribution in [0.4, 0.5) is 4.79 Å². The monoisotopic (exact) mass is 247 g/mol. The lowest BCUT2D eigenvalue weighted by Gasteiger charge is -2.19. The van der Waals surface area contributed by atoms with E-state index in [0.717, 1.165) is 0 Å². The third-order valence-corrected chi connectivity index (χ3v) is 2.02. The average molecular weight is 247 g/mol. The van der Waals surface area contributed by atoms with Crippen molar-refractivity contribution in [1.29, 1.82) is 0 Å². The van der Waals surface area contributed by atoms with Gasteiger partial charge in [0, 0.05) is 7.05 Å². The van der Waals surface area contributed by atoms with E-state index in [9.17, 15) is 14.4 Å². The first kappa shape index (κ1) is 15.2. The molecule has 0 aromatic carbocycles. The molecule has 0 bridgehead atoms. The molecule has 0 saturated carbocycles. The van der Waals surface area contributed by atoms with Crippen LogP contribution in [0.2, 0.25) is 0 Å². The van der Waals surface area contributed by atoms with Crippen LogP contribution in [0.15, 0.2) is 0 Å². The highest BCUT2D eigenvalue weighted by molar-refractivity contribution is 5.88. The Labute approximate surface area is 98.4 Å². The summed E-state index contributed by atoms with van der Waals surface area (Å²) in [6, 6.07) is -3.07. The van der Waals surface area contributed by atoms with Gasteiger partial charge in [0.05, 0.1) is 6.10 Å². The van der Waals surface area contributed by atoms with E-state index in [0.29, 0.717) is 0 Å². The van der Waals surface area contributed by atoms with Crippen LogP contribution in [0.3, 0.4) is 0 Å². The van der Waals surface area contributed by atoms with Crippen LogP contribution in [0, 0.1) is 0 Å². The molecule has 3 amide bonds. The van der Waals surface area contributed by atoms with Gasteiger partial charge in [-0.15, -0.1) is 0 Å². The quantitative estimate of drug-likeness (QED) is 0.394. The average Bonchev–Trinajstić information content (AvgIpc) is 2.23. The Balaban J connectivity index is 4.34. The number of carbonyl (C=O) groups excluding carboxylic acids is 2. The van der Waals surface area contributed by atoms with Gasteiger partial charge in [0.1, 0.15) is 6.04 Å². The smallest absolute Gasteiger partial charge is 0.328 e. The molecule has 8 nitrogen and oxygen atoms in total. The van der Waals surface area contributed by atoms with Gasteiger partial charge >= 0.3 is 12.0 Å². The minimum Gasteiger partial charge on any atom is -0.480 e. The van der Waals surface area contributed by atoms with Crippen LogP contribution in [0.5, 0.6) is 0 Å². The summed E-state index contributed by atoms with van der Waals surface area (Å²) in [5, 5.41) is 24.4. The number of aliphatic carboxylic acids is 1. The lowest BCUT2D eigenvalue weighted by molar-refractivity contribution is -0.141. The van der Waals surface area contributed by atoms with E-state index in [-0.39, 0.29) is 0 Å². The predicted molar refractivity (Wildman–Crippen MR) is 58.3 cm³/mol. The number of amides is 3. The molecule has 0 heterocycles. The van der Waals surface area contributed by atoms with Crippen molar-refractivity contribution < 1.29 is 24.6 Å². The van der Waals surface area contributed by atoms with Crippen molar-refractivity contribution in [2.24, 2.45) is 0 Å².